The van der Waals surface area contributed by atoms with Gasteiger partial charge in [0.15, 0.2) is 0 Å². The van der Waals surface area contributed by atoms with Crippen molar-refractivity contribution >= 4 is 34.5 Å². The van der Waals surface area contributed by atoms with Gasteiger partial charge in [-0.05, 0) is 34.1 Å². The van der Waals surface area contributed by atoms with Crippen molar-refractivity contribution in [3.63, 3.8) is 0 Å². The highest BCUT2D eigenvalue weighted by Gasteiger charge is 2.20. The molecule has 0 radical (unpaired) electrons. The zero-order chi connectivity index (χ0) is 12.3. The minimum absolute atomic E-state index is 0.0354. The molecule has 5 heteroatoms. The molecule has 0 aliphatic carbocycles. The maximum atomic E-state index is 12.0. The molecule has 1 aliphatic rings. The first kappa shape index (κ1) is 12.9. The molecule has 1 aromatic rings. The maximum absolute atomic E-state index is 12.0. The first-order valence-corrected chi connectivity index (χ1v) is 6.68. The Morgan fingerprint density at radius 2 is 2.12 bits per heavy atom. The van der Waals surface area contributed by atoms with E-state index in [1.54, 1.807) is 12.1 Å². The van der Waals surface area contributed by atoms with Gasteiger partial charge in [-0.1, -0.05) is 0 Å². The molecule has 2 rings (SSSR count). The number of carbonyl (C=O) groups is 1. The summed E-state index contributed by atoms with van der Waals surface area (Å²) < 4.78 is 11.4. The fourth-order valence-electron chi connectivity index (χ4n) is 1.68. The highest BCUT2D eigenvalue weighted by Crippen LogP contribution is 2.22. The summed E-state index contributed by atoms with van der Waals surface area (Å²) in [6, 6.07) is 5.32. The molecule has 1 aromatic carbocycles. The van der Waals surface area contributed by atoms with E-state index in [0.717, 1.165) is 22.2 Å². The normalized spacial score (nSPS) is 16.8. The van der Waals surface area contributed by atoms with Crippen LogP contribution in [0.3, 0.4) is 0 Å². The van der Waals surface area contributed by atoms with Gasteiger partial charge in [0, 0.05) is 22.2 Å². The van der Waals surface area contributed by atoms with Crippen molar-refractivity contribution in [3.05, 3.63) is 28.2 Å². The quantitative estimate of drug-likeness (QED) is 0.672. The lowest BCUT2D eigenvalue weighted by Crippen LogP contribution is -2.26. The molecule has 0 amide bonds. The maximum Gasteiger partial charge on any atom is 0.339 e. The number of esters is 1. The molecule has 0 unspecified atom stereocenters. The Morgan fingerprint density at radius 3 is 2.82 bits per heavy atom. The molecule has 0 saturated carbocycles. The van der Waals surface area contributed by atoms with Crippen LogP contribution < -0.4 is 0 Å². The number of hydrogen-bond donors (Lipinski definition) is 1. The van der Waals surface area contributed by atoms with E-state index in [2.05, 4.69) is 28.6 Å². The minimum atomic E-state index is -0.306. The zero-order valence-corrected chi connectivity index (χ0v) is 11.7. The summed E-state index contributed by atoms with van der Waals surface area (Å²) >= 11 is 7.55. The average Bonchev–Trinajstić information content (AvgIpc) is 2.33. The van der Waals surface area contributed by atoms with Crippen molar-refractivity contribution in [2.45, 2.75) is 23.8 Å². The lowest BCUT2D eigenvalue weighted by molar-refractivity contribution is -0.0160. The Morgan fingerprint density at radius 1 is 1.41 bits per heavy atom. The molecular formula is C12H13BrO3S. The van der Waals surface area contributed by atoms with Crippen molar-refractivity contribution in [1.29, 1.82) is 0 Å². The molecule has 0 N–H and O–H groups in total. The molecule has 3 nitrogen and oxygen atoms in total. The number of halogens is 1. The Balaban J connectivity index is 2.05. The molecule has 1 fully saturated rings. The van der Waals surface area contributed by atoms with Crippen LogP contribution in [0.25, 0.3) is 0 Å². The summed E-state index contributed by atoms with van der Waals surface area (Å²) in [7, 11) is 0. The van der Waals surface area contributed by atoms with Gasteiger partial charge >= 0.3 is 5.97 Å². The Labute approximate surface area is 114 Å². The lowest BCUT2D eigenvalue weighted by Gasteiger charge is -2.22. The first-order valence-electron chi connectivity index (χ1n) is 5.44. The molecule has 0 bridgehead atoms. The SMILES string of the molecule is O=C(OC1CCOCC1)c1cc(S)ccc1Br. The highest BCUT2D eigenvalue weighted by molar-refractivity contribution is 9.10. The van der Waals surface area contributed by atoms with Gasteiger partial charge in [0.25, 0.3) is 0 Å². The fraction of sp³-hybridized carbons (Fsp3) is 0.417. The van der Waals surface area contributed by atoms with Crippen LogP contribution in [0.2, 0.25) is 0 Å². The van der Waals surface area contributed by atoms with Gasteiger partial charge < -0.3 is 9.47 Å². The van der Waals surface area contributed by atoms with Crippen LogP contribution >= 0.6 is 28.6 Å². The van der Waals surface area contributed by atoms with E-state index < -0.39 is 0 Å². The van der Waals surface area contributed by atoms with Crippen LogP contribution in [0.1, 0.15) is 23.2 Å². The van der Waals surface area contributed by atoms with Crippen molar-refractivity contribution in [1.82, 2.24) is 0 Å². The van der Waals surface area contributed by atoms with Crippen LogP contribution in [0.15, 0.2) is 27.6 Å². The fourth-order valence-corrected chi connectivity index (χ4v) is 2.29. The molecule has 1 saturated heterocycles. The third-order valence-corrected chi connectivity index (χ3v) is 3.58. The standard InChI is InChI=1S/C12H13BrO3S/c13-11-2-1-9(17)7-10(11)12(14)16-8-3-5-15-6-4-8/h1-2,7-8,17H,3-6H2. The summed E-state index contributed by atoms with van der Waals surface area (Å²) in [5.74, 6) is -0.306. The van der Waals surface area contributed by atoms with E-state index in [-0.39, 0.29) is 12.1 Å². The number of hydrogen-bond acceptors (Lipinski definition) is 4. The van der Waals surface area contributed by atoms with E-state index in [4.69, 9.17) is 9.47 Å². The van der Waals surface area contributed by atoms with Crippen molar-refractivity contribution < 1.29 is 14.3 Å². The molecule has 1 aliphatic heterocycles. The second-order valence-corrected chi connectivity index (χ2v) is 5.25. The monoisotopic (exact) mass is 316 g/mol. The van der Waals surface area contributed by atoms with Crippen LogP contribution in [0, 0.1) is 0 Å². The summed E-state index contributed by atoms with van der Waals surface area (Å²) in [5, 5.41) is 0. The number of carbonyl (C=O) groups excluding carboxylic acids is 1. The zero-order valence-electron chi connectivity index (χ0n) is 9.19. The third-order valence-electron chi connectivity index (χ3n) is 2.61. The van der Waals surface area contributed by atoms with Gasteiger partial charge in [0.05, 0.1) is 18.8 Å². The number of ether oxygens (including phenoxy) is 2. The van der Waals surface area contributed by atoms with Gasteiger partial charge in [0.1, 0.15) is 6.10 Å². The summed E-state index contributed by atoms with van der Waals surface area (Å²) in [4.78, 5) is 12.7. The average molecular weight is 317 g/mol. The van der Waals surface area contributed by atoms with Crippen LogP contribution in [-0.2, 0) is 9.47 Å². The van der Waals surface area contributed by atoms with Crippen molar-refractivity contribution in [2.75, 3.05) is 13.2 Å². The van der Waals surface area contributed by atoms with E-state index >= 15 is 0 Å². The van der Waals surface area contributed by atoms with Gasteiger partial charge in [0.2, 0.25) is 0 Å². The van der Waals surface area contributed by atoms with Crippen LogP contribution in [-0.4, -0.2) is 25.3 Å². The van der Waals surface area contributed by atoms with Gasteiger partial charge in [-0.2, -0.15) is 0 Å². The smallest absolute Gasteiger partial charge is 0.339 e. The Hall–Kier alpha value is -0.520. The second-order valence-electron chi connectivity index (χ2n) is 3.88. The number of rotatable bonds is 2. The van der Waals surface area contributed by atoms with Gasteiger partial charge in [-0.15, -0.1) is 12.6 Å². The van der Waals surface area contributed by atoms with Crippen molar-refractivity contribution in [3.8, 4) is 0 Å². The van der Waals surface area contributed by atoms with E-state index in [9.17, 15) is 4.79 Å². The molecule has 17 heavy (non-hydrogen) atoms. The predicted octanol–water partition coefficient (Wildman–Crippen LogP) is 3.07. The minimum Gasteiger partial charge on any atom is -0.459 e. The molecule has 0 spiro atoms. The van der Waals surface area contributed by atoms with E-state index in [1.165, 1.54) is 0 Å². The Kier molecular flexibility index (Phi) is 4.48. The van der Waals surface area contributed by atoms with Crippen molar-refractivity contribution in [2.24, 2.45) is 0 Å². The molecule has 0 atom stereocenters. The first-order chi connectivity index (χ1) is 8.16. The van der Waals surface area contributed by atoms with Gasteiger partial charge in [-0.3, -0.25) is 0 Å². The van der Waals surface area contributed by atoms with E-state index in [1.807, 2.05) is 6.07 Å². The second kappa shape index (κ2) is 5.89. The molecule has 0 aromatic heterocycles. The lowest BCUT2D eigenvalue weighted by atomic mass is 10.1. The number of benzene rings is 1. The molecule has 1 heterocycles. The molecule has 92 valence electrons. The summed E-state index contributed by atoms with van der Waals surface area (Å²) in [5.41, 5.74) is 0.518. The largest absolute Gasteiger partial charge is 0.459 e. The number of thiol groups is 1. The Bertz CT molecular complexity index is 416. The summed E-state index contributed by atoms with van der Waals surface area (Å²) in [6.45, 7) is 1.32. The highest BCUT2D eigenvalue weighted by atomic mass is 79.9. The molecular weight excluding hydrogens is 304 g/mol. The van der Waals surface area contributed by atoms with E-state index in [0.29, 0.717) is 18.8 Å². The van der Waals surface area contributed by atoms with Gasteiger partial charge in [-0.25, -0.2) is 4.79 Å². The third kappa shape index (κ3) is 3.47. The van der Waals surface area contributed by atoms with Crippen LogP contribution in [0.4, 0.5) is 0 Å². The van der Waals surface area contributed by atoms with Crippen LogP contribution in [0.5, 0.6) is 0 Å². The summed E-state index contributed by atoms with van der Waals surface area (Å²) in [6.07, 6.45) is 1.50. The topological polar surface area (TPSA) is 35.5 Å². The predicted molar refractivity (Wildman–Crippen MR) is 70.7 cm³/mol.